The Hall–Kier alpha value is -0.0800. The molecule has 0 aliphatic heterocycles. The summed E-state index contributed by atoms with van der Waals surface area (Å²) in [5.74, 6) is 0.855. The van der Waals surface area contributed by atoms with Gasteiger partial charge in [-0.25, -0.2) is 0 Å². The zero-order valence-corrected chi connectivity index (χ0v) is 7.11. The van der Waals surface area contributed by atoms with Crippen LogP contribution < -0.4 is 5.32 Å². The van der Waals surface area contributed by atoms with Crippen molar-refractivity contribution in [1.82, 2.24) is 5.32 Å². The molecule has 0 unspecified atom stereocenters. The van der Waals surface area contributed by atoms with E-state index in [0.29, 0.717) is 0 Å². The predicted octanol–water partition coefficient (Wildman–Crippen LogP) is 1.02. The molecule has 0 aromatic heterocycles. The van der Waals surface area contributed by atoms with E-state index in [2.05, 4.69) is 12.2 Å². The second-order valence-corrected chi connectivity index (χ2v) is 3.43. The molecule has 1 aliphatic carbocycles. The molecule has 0 heterocycles. The molecule has 2 nitrogen and oxygen atoms in total. The first kappa shape index (κ1) is 8.02. The highest BCUT2D eigenvalue weighted by molar-refractivity contribution is 4.95. The standard InChI is InChI=1S/C8H17NO/c1-7-4-8(5-7,10-3)6-9-2/h7,9H,4-6H2,1-3H3. The maximum absolute atomic E-state index is 5.42. The lowest BCUT2D eigenvalue weighted by molar-refractivity contribution is -0.0966. The van der Waals surface area contributed by atoms with Crippen molar-refractivity contribution in [2.45, 2.75) is 25.4 Å². The molecule has 60 valence electrons. The van der Waals surface area contributed by atoms with Gasteiger partial charge in [0.25, 0.3) is 0 Å². The Morgan fingerprint density at radius 2 is 2.20 bits per heavy atom. The molecule has 0 saturated heterocycles. The van der Waals surface area contributed by atoms with Crippen LogP contribution in [0.1, 0.15) is 19.8 Å². The van der Waals surface area contributed by atoms with Gasteiger partial charge in [0, 0.05) is 13.7 Å². The minimum Gasteiger partial charge on any atom is -0.377 e. The highest BCUT2D eigenvalue weighted by Gasteiger charge is 2.41. The molecule has 1 aliphatic rings. The van der Waals surface area contributed by atoms with Gasteiger partial charge in [-0.15, -0.1) is 0 Å². The Morgan fingerprint density at radius 1 is 1.60 bits per heavy atom. The van der Waals surface area contributed by atoms with E-state index in [4.69, 9.17) is 4.74 Å². The molecular formula is C8H17NO. The third-order valence-electron chi connectivity index (χ3n) is 2.37. The van der Waals surface area contributed by atoms with E-state index in [9.17, 15) is 0 Å². The summed E-state index contributed by atoms with van der Waals surface area (Å²) in [6, 6.07) is 0. The van der Waals surface area contributed by atoms with Crippen molar-refractivity contribution in [3.05, 3.63) is 0 Å². The molecule has 0 amide bonds. The molecule has 0 atom stereocenters. The van der Waals surface area contributed by atoms with Crippen LogP contribution in [-0.2, 0) is 4.74 Å². The maximum Gasteiger partial charge on any atom is 0.0807 e. The maximum atomic E-state index is 5.42. The summed E-state index contributed by atoms with van der Waals surface area (Å²) >= 11 is 0. The number of ether oxygens (including phenoxy) is 1. The minimum atomic E-state index is 0.175. The Morgan fingerprint density at radius 3 is 2.50 bits per heavy atom. The summed E-state index contributed by atoms with van der Waals surface area (Å²) in [6.07, 6.45) is 2.43. The van der Waals surface area contributed by atoms with Gasteiger partial charge in [0.1, 0.15) is 0 Å². The number of likely N-dealkylation sites (N-methyl/N-ethyl adjacent to an activating group) is 1. The van der Waals surface area contributed by atoms with Gasteiger partial charge < -0.3 is 10.1 Å². The van der Waals surface area contributed by atoms with Gasteiger partial charge in [-0.1, -0.05) is 6.92 Å². The number of nitrogens with one attached hydrogen (secondary N) is 1. The van der Waals surface area contributed by atoms with E-state index in [1.807, 2.05) is 14.2 Å². The van der Waals surface area contributed by atoms with Gasteiger partial charge in [0.2, 0.25) is 0 Å². The zero-order chi connectivity index (χ0) is 7.61. The largest absolute Gasteiger partial charge is 0.377 e. The summed E-state index contributed by atoms with van der Waals surface area (Å²) < 4.78 is 5.42. The van der Waals surface area contributed by atoms with Gasteiger partial charge in [-0.05, 0) is 25.8 Å². The normalized spacial score (nSPS) is 39.3. The molecule has 1 N–H and O–H groups in total. The van der Waals surface area contributed by atoms with Crippen LogP contribution in [0, 0.1) is 5.92 Å². The first-order chi connectivity index (χ1) is 4.72. The molecule has 0 bridgehead atoms. The fraction of sp³-hybridized carbons (Fsp3) is 1.00. The van der Waals surface area contributed by atoms with Crippen LogP contribution in [0.4, 0.5) is 0 Å². The van der Waals surface area contributed by atoms with Gasteiger partial charge in [-0.3, -0.25) is 0 Å². The van der Waals surface area contributed by atoms with Gasteiger partial charge in [0.15, 0.2) is 0 Å². The molecule has 10 heavy (non-hydrogen) atoms. The SMILES string of the molecule is CNCC1(OC)CC(C)C1. The van der Waals surface area contributed by atoms with Crippen LogP contribution in [-0.4, -0.2) is 26.3 Å². The van der Waals surface area contributed by atoms with E-state index >= 15 is 0 Å². The van der Waals surface area contributed by atoms with Gasteiger partial charge >= 0.3 is 0 Å². The van der Waals surface area contributed by atoms with Crippen LogP contribution in [0.2, 0.25) is 0 Å². The third kappa shape index (κ3) is 1.32. The lowest BCUT2D eigenvalue weighted by Gasteiger charge is -2.45. The van der Waals surface area contributed by atoms with Crippen molar-refractivity contribution in [3.8, 4) is 0 Å². The average Bonchev–Trinajstić information content (AvgIpc) is 1.84. The molecule has 0 aromatic rings. The summed E-state index contributed by atoms with van der Waals surface area (Å²) in [4.78, 5) is 0. The van der Waals surface area contributed by atoms with Crippen molar-refractivity contribution in [2.24, 2.45) is 5.92 Å². The molecule has 0 spiro atoms. The predicted molar refractivity (Wildman–Crippen MR) is 42.1 cm³/mol. The number of hydrogen-bond acceptors (Lipinski definition) is 2. The Balaban J connectivity index is 2.32. The first-order valence-electron chi connectivity index (χ1n) is 3.92. The monoisotopic (exact) mass is 143 g/mol. The highest BCUT2D eigenvalue weighted by Crippen LogP contribution is 2.39. The first-order valence-corrected chi connectivity index (χ1v) is 3.92. The topological polar surface area (TPSA) is 21.3 Å². The summed E-state index contributed by atoms with van der Waals surface area (Å²) in [7, 11) is 3.78. The van der Waals surface area contributed by atoms with Crippen LogP contribution in [0.3, 0.4) is 0 Å². The van der Waals surface area contributed by atoms with Crippen molar-refractivity contribution in [1.29, 1.82) is 0 Å². The van der Waals surface area contributed by atoms with Crippen LogP contribution in [0.15, 0.2) is 0 Å². The van der Waals surface area contributed by atoms with Gasteiger partial charge in [0.05, 0.1) is 5.60 Å². The van der Waals surface area contributed by atoms with Gasteiger partial charge in [-0.2, -0.15) is 0 Å². The van der Waals surface area contributed by atoms with E-state index < -0.39 is 0 Å². The van der Waals surface area contributed by atoms with Crippen LogP contribution >= 0.6 is 0 Å². The van der Waals surface area contributed by atoms with Crippen molar-refractivity contribution >= 4 is 0 Å². The second-order valence-electron chi connectivity index (χ2n) is 3.43. The Bertz CT molecular complexity index is 102. The highest BCUT2D eigenvalue weighted by atomic mass is 16.5. The lowest BCUT2D eigenvalue weighted by atomic mass is 9.72. The Kier molecular flexibility index (Phi) is 2.32. The lowest BCUT2D eigenvalue weighted by Crippen LogP contribution is -2.51. The second kappa shape index (κ2) is 2.89. The van der Waals surface area contributed by atoms with Crippen molar-refractivity contribution in [3.63, 3.8) is 0 Å². The minimum absolute atomic E-state index is 0.175. The van der Waals surface area contributed by atoms with Crippen LogP contribution in [0.5, 0.6) is 0 Å². The molecule has 1 rings (SSSR count). The molecule has 2 heteroatoms. The molecular weight excluding hydrogens is 126 g/mol. The van der Waals surface area contributed by atoms with E-state index in [0.717, 1.165) is 12.5 Å². The third-order valence-corrected chi connectivity index (χ3v) is 2.37. The van der Waals surface area contributed by atoms with E-state index in [1.165, 1.54) is 12.8 Å². The zero-order valence-electron chi connectivity index (χ0n) is 7.11. The van der Waals surface area contributed by atoms with Crippen LogP contribution in [0.25, 0.3) is 0 Å². The number of hydrogen-bond donors (Lipinski definition) is 1. The van der Waals surface area contributed by atoms with Crippen molar-refractivity contribution in [2.75, 3.05) is 20.7 Å². The quantitative estimate of drug-likeness (QED) is 0.637. The Labute approximate surface area is 63.0 Å². The molecule has 1 saturated carbocycles. The van der Waals surface area contributed by atoms with Crippen molar-refractivity contribution < 1.29 is 4.74 Å². The summed E-state index contributed by atoms with van der Waals surface area (Å²) in [6.45, 7) is 3.26. The summed E-state index contributed by atoms with van der Waals surface area (Å²) in [5, 5.41) is 3.16. The molecule has 1 fully saturated rings. The summed E-state index contributed by atoms with van der Waals surface area (Å²) in [5.41, 5.74) is 0.175. The average molecular weight is 143 g/mol. The van der Waals surface area contributed by atoms with E-state index in [-0.39, 0.29) is 5.60 Å². The smallest absolute Gasteiger partial charge is 0.0807 e. The van der Waals surface area contributed by atoms with E-state index in [1.54, 1.807) is 0 Å². The number of methoxy groups -OCH3 is 1. The number of rotatable bonds is 3. The molecule has 0 aromatic carbocycles. The fourth-order valence-electron chi connectivity index (χ4n) is 1.92. The molecule has 0 radical (unpaired) electrons. The fourth-order valence-corrected chi connectivity index (χ4v) is 1.92.